The van der Waals surface area contributed by atoms with Crippen LogP contribution in [0.1, 0.15) is 12.0 Å². The molecule has 0 bridgehead atoms. The largest absolute Gasteiger partial charge is 0.497 e. The van der Waals surface area contributed by atoms with Crippen LogP contribution in [0.4, 0.5) is 0 Å². The molecule has 1 aromatic carbocycles. The maximum Gasteiger partial charge on any atom is 0.249 e. The number of nitrogens with zero attached hydrogens (tertiary/aromatic N) is 1. The van der Waals surface area contributed by atoms with E-state index in [1.807, 2.05) is 30.3 Å². The zero-order valence-corrected chi connectivity index (χ0v) is 8.43. The van der Waals surface area contributed by atoms with Crippen molar-refractivity contribution in [2.24, 2.45) is 4.99 Å². The van der Waals surface area contributed by atoms with Crippen molar-refractivity contribution in [3.8, 4) is 5.75 Å². The Morgan fingerprint density at radius 3 is 2.53 bits per heavy atom. The summed E-state index contributed by atoms with van der Waals surface area (Å²) in [4.78, 5) is 14.6. The second kappa shape index (κ2) is 4.09. The maximum atomic E-state index is 10.9. The summed E-state index contributed by atoms with van der Waals surface area (Å²) in [6, 6.07) is 7.68. The lowest BCUT2D eigenvalue weighted by Crippen LogP contribution is -2.00. The number of aliphatic imine (C=N–C) groups is 1. The predicted octanol–water partition coefficient (Wildman–Crippen LogP) is 2.08. The number of hydrogen-bond acceptors (Lipinski definition) is 2. The molecule has 0 radical (unpaired) electrons. The van der Waals surface area contributed by atoms with Gasteiger partial charge in [0.25, 0.3) is 0 Å². The Bertz CT molecular complexity index is 429. The van der Waals surface area contributed by atoms with Gasteiger partial charge in [-0.2, -0.15) is 0 Å². The molecule has 15 heavy (non-hydrogen) atoms. The quantitative estimate of drug-likeness (QED) is 0.734. The maximum absolute atomic E-state index is 10.9. The Kier molecular flexibility index (Phi) is 2.63. The lowest BCUT2D eigenvalue weighted by Gasteiger charge is -2.06. The van der Waals surface area contributed by atoms with Crippen molar-refractivity contribution in [1.29, 1.82) is 0 Å². The van der Waals surface area contributed by atoms with Crippen molar-refractivity contribution in [3.05, 3.63) is 35.9 Å². The highest BCUT2D eigenvalue weighted by Gasteiger charge is 2.06. The van der Waals surface area contributed by atoms with E-state index >= 15 is 0 Å². The number of methoxy groups -OCH3 is 1. The number of ether oxygens (including phenoxy) is 1. The summed E-state index contributed by atoms with van der Waals surface area (Å²) >= 11 is 0. The number of rotatable bonds is 2. The predicted molar refractivity (Wildman–Crippen MR) is 59.1 cm³/mol. The highest BCUT2D eigenvalue weighted by atomic mass is 16.5. The van der Waals surface area contributed by atoms with Crippen molar-refractivity contribution < 1.29 is 9.53 Å². The second-order valence-electron chi connectivity index (χ2n) is 3.24. The van der Waals surface area contributed by atoms with E-state index < -0.39 is 0 Å². The minimum absolute atomic E-state index is 0.0905. The van der Waals surface area contributed by atoms with Gasteiger partial charge in [-0.25, -0.2) is 4.99 Å². The summed E-state index contributed by atoms with van der Waals surface area (Å²) in [7, 11) is 1.63. The molecule has 0 aliphatic carbocycles. The Morgan fingerprint density at radius 1 is 1.27 bits per heavy atom. The van der Waals surface area contributed by atoms with Crippen LogP contribution in [0, 0.1) is 0 Å². The normalized spacial score (nSPS) is 15.0. The lowest BCUT2D eigenvalue weighted by atomic mass is 10.0. The van der Waals surface area contributed by atoms with Gasteiger partial charge in [-0.15, -0.1) is 0 Å². The number of carbonyl (C=O) groups is 1. The van der Waals surface area contributed by atoms with Crippen molar-refractivity contribution >= 4 is 17.7 Å². The first-order valence-corrected chi connectivity index (χ1v) is 4.71. The lowest BCUT2D eigenvalue weighted by molar-refractivity contribution is -0.117. The van der Waals surface area contributed by atoms with Gasteiger partial charge in [0.15, 0.2) is 0 Å². The molecule has 0 aromatic heterocycles. The third kappa shape index (κ3) is 2.13. The Morgan fingerprint density at radius 2 is 2.00 bits per heavy atom. The van der Waals surface area contributed by atoms with E-state index in [9.17, 15) is 4.79 Å². The summed E-state index contributed by atoms with van der Waals surface area (Å²) in [6.07, 6.45) is 3.88. The van der Waals surface area contributed by atoms with Crippen LogP contribution in [0.5, 0.6) is 5.75 Å². The molecule has 1 aromatic rings. The van der Waals surface area contributed by atoms with Crippen molar-refractivity contribution in [2.75, 3.05) is 7.11 Å². The van der Waals surface area contributed by atoms with E-state index in [2.05, 4.69) is 4.99 Å². The summed E-state index contributed by atoms with van der Waals surface area (Å²) in [6.45, 7) is 0. The minimum Gasteiger partial charge on any atom is -0.497 e. The molecule has 1 aliphatic heterocycles. The van der Waals surface area contributed by atoms with Crippen LogP contribution in [0.15, 0.2) is 35.3 Å². The number of hydrogen-bond donors (Lipinski definition) is 0. The van der Waals surface area contributed by atoms with Crippen molar-refractivity contribution in [3.63, 3.8) is 0 Å². The molecule has 0 fully saturated rings. The van der Waals surface area contributed by atoms with Crippen LogP contribution in [-0.4, -0.2) is 19.2 Å². The van der Waals surface area contributed by atoms with Crippen LogP contribution in [0.2, 0.25) is 0 Å². The number of amides is 1. The molecule has 1 amide bonds. The molecular weight excluding hydrogens is 190 g/mol. The molecule has 0 saturated carbocycles. The fourth-order valence-corrected chi connectivity index (χ4v) is 1.42. The topological polar surface area (TPSA) is 38.7 Å². The van der Waals surface area contributed by atoms with Gasteiger partial charge in [0.05, 0.1) is 7.11 Å². The van der Waals surface area contributed by atoms with E-state index in [1.165, 1.54) is 0 Å². The van der Waals surface area contributed by atoms with Gasteiger partial charge in [0, 0.05) is 12.6 Å². The van der Waals surface area contributed by atoms with Crippen LogP contribution >= 0.6 is 0 Å². The summed E-state index contributed by atoms with van der Waals surface area (Å²) in [5.74, 6) is 0.732. The Hall–Kier alpha value is -1.90. The van der Waals surface area contributed by atoms with Crippen LogP contribution in [0.3, 0.4) is 0 Å². The van der Waals surface area contributed by atoms with E-state index in [4.69, 9.17) is 4.74 Å². The number of allylic oxidation sites excluding steroid dienone is 1. The zero-order chi connectivity index (χ0) is 10.7. The van der Waals surface area contributed by atoms with Gasteiger partial charge in [-0.3, -0.25) is 4.79 Å². The number of benzene rings is 1. The molecule has 3 heteroatoms. The van der Waals surface area contributed by atoms with Crippen molar-refractivity contribution in [1.82, 2.24) is 0 Å². The van der Waals surface area contributed by atoms with Gasteiger partial charge in [0.2, 0.25) is 5.91 Å². The molecule has 0 spiro atoms. The highest BCUT2D eigenvalue weighted by molar-refractivity contribution is 6.15. The minimum atomic E-state index is -0.0905. The van der Waals surface area contributed by atoms with Gasteiger partial charge >= 0.3 is 0 Å². The second-order valence-corrected chi connectivity index (χ2v) is 3.24. The summed E-state index contributed by atoms with van der Waals surface area (Å²) in [5.41, 5.74) is 2.03. The van der Waals surface area contributed by atoms with Crippen LogP contribution < -0.4 is 4.74 Å². The van der Waals surface area contributed by atoms with E-state index in [1.54, 1.807) is 13.3 Å². The monoisotopic (exact) mass is 201 g/mol. The third-order valence-corrected chi connectivity index (χ3v) is 2.27. The van der Waals surface area contributed by atoms with E-state index in [-0.39, 0.29) is 5.91 Å². The molecule has 0 N–H and O–H groups in total. The molecule has 0 unspecified atom stereocenters. The van der Waals surface area contributed by atoms with Gasteiger partial charge in [0.1, 0.15) is 5.75 Å². The first-order valence-electron chi connectivity index (χ1n) is 4.71. The smallest absolute Gasteiger partial charge is 0.249 e. The van der Waals surface area contributed by atoms with Crippen LogP contribution in [0.25, 0.3) is 5.57 Å². The highest BCUT2D eigenvalue weighted by Crippen LogP contribution is 2.19. The Balaban J connectivity index is 2.23. The summed E-state index contributed by atoms with van der Waals surface area (Å²) in [5, 5.41) is 0. The molecule has 2 rings (SSSR count). The molecular formula is C12H11NO2. The van der Waals surface area contributed by atoms with Crippen molar-refractivity contribution in [2.45, 2.75) is 6.42 Å². The average Bonchev–Trinajstić information content (AvgIpc) is 2.30. The average molecular weight is 201 g/mol. The molecule has 0 saturated heterocycles. The SMILES string of the molecule is COc1ccc(C2=CCC(=O)N=C2)cc1. The van der Waals surface area contributed by atoms with E-state index in [0.29, 0.717) is 6.42 Å². The molecule has 3 nitrogen and oxygen atoms in total. The third-order valence-electron chi connectivity index (χ3n) is 2.27. The number of carbonyl (C=O) groups excluding carboxylic acids is 1. The van der Waals surface area contributed by atoms with E-state index in [0.717, 1.165) is 16.9 Å². The van der Waals surface area contributed by atoms with Gasteiger partial charge < -0.3 is 4.74 Å². The first-order chi connectivity index (χ1) is 7.29. The number of dihydropyridines is 1. The molecule has 1 aliphatic rings. The zero-order valence-electron chi connectivity index (χ0n) is 8.43. The molecule has 1 heterocycles. The van der Waals surface area contributed by atoms with Gasteiger partial charge in [-0.1, -0.05) is 18.2 Å². The fraction of sp³-hybridized carbons (Fsp3) is 0.167. The molecule has 76 valence electrons. The van der Waals surface area contributed by atoms with Gasteiger partial charge in [-0.05, 0) is 23.3 Å². The standard InChI is InChI=1S/C12H11NO2/c1-15-11-5-2-9(3-6-11)10-4-7-12(14)13-8-10/h2-6,8H,7H2,1H3. The fourth-order valence-electron chi connectivity index (χ4n) is 1.42. The Labute approximate surface area is 88.1 Å². The summed E-state index contributed by atoms with van der Waals surface area (Å²) < 4.78 is 5.07. The van der Waals surface area contributed by atoms with Crippen LogP contribution in [-0.2, 0) is 4.79 Å². The first kappa shape index (κ1) is 9.65. The molecule has 0 atom stereocenters.